The van der Waals surface area contributed by atoms with E-state index in [-0.39, 0.29) is 17.9 Å². The van der Waals surface area contributed by atoms with Crippen molar-refractivity contribution in [1.29, 1.82) is 0 Å². The summed E-state index contributed by atoms with van der Waals surface area (Å²) in [5, 5.41) is 5.33. The molecule has 118 valence electrons. The van der Waals surface area contributed by atoms with Crippen molar-refractivity contribution in [3.63, 3.8) is 0 Å². The SMILES string of the molecule is Cc1cccc(CNC(=O)CCn2cnc3sccc3c2=O)c1. The third kappa shape index (κ3) is 3.65. The Bertz CT molecular complexity index is 898. The first kappa shape index (κ1) is 15.4. The van der Waals surface area contributed by atoms with Crippen LogP contribution in [0.25, 0.3) is 10.2 Å². The highest BCUT2D eigenvalue weighted by Crippen LogP contribution is 2.13. The lowest BCUT2D eigenvalue weighted by Crippen LogP contribution is -2.27. The van der Waals surface area contributed by atoms with E-state index in [1.807, 2.05) is 36.6 Å². The van der Waals surface area contributed by atoms with Gasteiger partial charge in [0.1, 0.15) is 4.83 Å². The second kappa shape index (κ2) is 6.75. The van der Waals surface area contributed by atoms with Gasteiger partial charge in [0.2, 0.25) is 5.91 Å². The summed E-state index contributed by atoms with van der Waals surface area (Å²) >= 11 is 1.44. The Balaban J connectivity index is 1.58. The van der Waals surface area contributed by atoms with Crippen molar-refractivity contribution in [1.82, 2.24) is 14.9 Å². The summed E-state index contributed by atoms with van der Waals surface area (Å²) in [5.74, 6) is -0.0798. The summed E-state index contributed by atoms with van der Waals surface area (Å²) in [6.45, 7) is 2.85. The Labute approximate surface area is 137 Å². The molecule has 2 aromatic heterocycles. The molecule has 0 bridgehead atoms. The summed E-state index contributed by atoms with van der Waals surface area (Å²) in [5.41, 5.74) is 2.14. The summed E-state index contributed by atoms with van der Waals surface area (Å²) in [6.07, 6.45) is 1.76. The first-order valence-corrected chi connectivity index (χ1v) is 8.26. The van der Waals surface area contributed by atoms with Gasteiger partial charge in [-0.25, -0.2) is 4.98 Å². The molecule has 0 aliphatic rings. The highest BCUT2D eigenvalue weighted by Gasteiger charge is 2.07. The molecule has 0 unspecified atom stereocenters. The quantitative estimate of drug-likeness (QED) is 0.783. The number of carbonyl (C=O) groups is 1. The van der Waals surface area contributed by atoms with Crippen molar-refractivity contribution < 1.29 is 4.79 Å². The summed E-state index contributed by atoms with van der Waals surface area (Å²) < 4.78 is 1.49. The predicted octanol–water partition coefficient (Wildman–Crippen LogP) is 2.47. The maximum atomic E-state index is 12.2. The van der Waals surface area contributed by atoms with Crippen molar-refractivity contribution in [3.8, 4) is 0 Å². The minimum atomic E-state index is -0.0947. The predicted molar refractivity (Wildman–Crippen MR) is 91.5 cm³/mol. The number of hydrogen-bond acceptors (Lipinski definition) is 4. The number of rotatable bonds is 5. The third-order valence-electron chi connectivity index (χ3n) is 3.60. The average Bonchev–Trinajstić information content (AvgIpc) is 3.02. The zero-order valence-corrected chi connectivity index (χ0v) is 13.6. The number of amides is 1. The van der Waals surface area contributed by atoms with Gasteiger partial charge in [0.05, 0.1) is 11.7 Å². The summed E-state index contributed by atoms with van der Waals surface area (Å²) in [7, 11) is 0. The molecule has 3 rings (SSSR count). The standard InChI is InChI=1S/C17H17N3O2S/c1-12-3-2-4-13(9-12)10-18-15(21)5-7-20-11-19-16-14(17(20)22)6-8-23-16/h2-4,6,8-9,11H,5,7,10H2,1H3,(H,18,21). The van der Waals surface area contributed by atoms with E-state index in [1.54, 1.807) is 6.07 Å². The second-order valence-corrected chi connectivity index (χ2v) is 6.29. The molecule has 0 saturated heterocycles. The monoisotopic (exact) mass is 327 g/mol. The number of hydrogen-bond donors (Lipinski definition) is 1. The fourth-order valence-corrected chi connectivity index (χ4v) is 3.11. The maximum Gasteiger partial charge on any atom is 0.262 e. The maximum absolute atomic E-state index is 12.2. The van der Waals surface area contributed by atoms with Crippen LogP contribution in [-0.4, -0.2) is 15.5 Å². The van der Waals surface area contributed by atoms with Crippen LogP contribution in [0.4, 0.5) is 0 Å². The van der Waals surface area contributed by atoms with E-state index in [0.717, 1.165) is 10.4 Å². The van der Waals surface area contributed by atoms with Crippen LogP contribution in [-0.2, 0) is 17.9 Å². The van der Waals surface area contributed by atoms with E-state index in [9.17, 15) is 9.59 Å². The van der Waals surface area contributed by atoms with Gasteiger partial charge >= 0.3 is 0 Å². The number of carbonyl (C=O) groups excluding carboxylic acids is 1. The Kier molecular flexibility index (Phi) is 4.52. The largest absolute Gasteiger partial charge is 0.352 e. The van der Waals surface area contributed by atoms with Gasteiger partial charge in [0.15, 0.2) is 0 Å². The lowest BCUT2D eigenvalue weighted by atomic mass is 10.1. The molecule has 3 aromatic rings. The first-order chi connectivity index (χ1) is 11.1. The Morgan fingerprint density at radius 1 is 1.35 bits per heavy atom. The summed E-state index contributed by atoms with van der Waals surface area (Å²) in [4.78, 5) is 29.1. The summed E-state index contributed by atoms with van der Waals surface area (Å²) in [6, 6.07) is 9.78. The van der Waals surface area contributed by atoms with Crippen molar-refractivity contribution in [2.24, 2.45) is 0 Å². The van der Waals surface area contributed by atoms with Gasteiger partial charge in [-0.1, -0.05) is 29.8 Å². The van der Waals surface area contributed by atoms with Crippen molar-refractivity contribution in [2.45, 2.75) is 26.4 Å². The van der Waals surface area contributed by atoms with Gasteiger partial charge in [-0.2, -0.15) is 0 Å². The molecule has 0 aliphatic heterocycles. The van der Waals surface area contributed by atoms with Gasteiger partial charge in [0.25, 0.3) is 5.56 Å². The molecule has 1 aromatic carbocycles. The second-order valence-electron chi connectivity index (χ2n) is 5.40. The minimum Gasteiger partial charge on any atom is -0.352 e. The zero-order chi connectivity index (χ0) is 16.2. The van der Waals surface area contributed by atoms with E-state index in [4.69, 9.17) is 0 Å². The fraction of sp³-hybridized carbons (Fsp3) is 0.235. The van der Waals surface area contributed by atoms with Gasteiger partial charge in [0, 0.05) is 19.5 Å². The Morgan fingerprint density at radius 2 is 2.22 bits per heavy atom. The van der Waals surface area contributed by atoms with Crippen molar-refractivity contribution in [2.75, 3.05) is 0 Å². The number of fused-ring (bicyclic) bond motifs is 1. The lowest BCUT2D eigenvalue weighted by molar-refractivity contribution is -0.121. The highest BCUT2D eigenvalue weighted by atomic mass is 32.1. The molecule has 23 heavy (non-hydrogen) atoms. The van der Waals surface area contributed by atoms with Crippen molar-refractivity contribution in [3.05, 3.63) is 63.5 Å². The van der Waals surface area contributed by atoms with Crippen LogP contribution < -0.4 is 10.9 Å². The molecule has 0 saturated carbocycles. The Morgan fingerprint density at radius 3 is 3.04 bits per heavy atom. The molecule has 0 spiro atoms. The molecule has 0 aliphatic carbocycles. The van der Waals surface area contributed by atoms with Gasteiger partial charge in [-0.15, -0.1) is 11.3 Å². The lowest BCUT2D eigenvalue weighted by Gasteiger charge is -2.07. The molecule has 0 fully saturated rings. The molecule has 0 atom stereocenters. The fourth-order valence-electron chi connectivity index (χ4n) is 2.39. The molecule has 2 heterocycles. The molecule has 6 heteroatoms. The van der Waals surface area contributed by atoms with Crippen LogP contribution in [0.1, 0.15) is 17.5 Å². The average molecular weight is 327 g/mol. The molecular formula is C17H17N3O2S. The normalized spacial score (nSPS) is 10.8. The van der Waals surface area contributed by atoms with Crippen LogP contribution in [0.15, 0.2) is 46.8 Å². The van der Waals surface area contributed by atoms with E-state index < -0.39 is 0 Å². The third-order valence-corrected chi connectivity index (χ3v) is 4.42. The van der Waals surface area contributed by atoms with E-state index in [1.165, 1.54) is 27.8 Å². The van der Waals surface area contributed by atoms with E-state index >= 15 is 0 Å². The van der Waals surface area contributed by atoms with Gasteiger partial charge < -0.3 is 5.32 Å². The number of thiophene rings is 1. The molecule has 0 radical (unpaired) electrons. The van der Waals surface area contributed by atoms with Gasteiger partial charge in [-0.05, 0) is 23.9 Å². The molecular weight excluding hydrogens is 310 g/mol. The zero-order valence-electron chi connectivity index (χ0n) is 12.8. The van der Waals surface area contributed by atoms with Crippen LogP contribution in [0.5, 0.6) is 0 Å². The van der Waals surface area contributed by atoms with Gasteiger partial charge in [-0.3, -0.25) is 14.2 Å². The number of nitrogens with zero attached hydrogens (tertiary/aromatic N) is 2. The number of aryl methyl sites for hydroxylation is 2. The van der Waals surface area contributed by atoms with Crippen LogP contribution in [0.3, 0.4) is 0 Å². The van der Waals surface area contributed by atoms with E-state index in [0.29, 0.717) is 18.5 Å². The topological polar surface area (TPSA) is 64.0 Å². The van der Waals surface area contributed by atoms with Crippen LogP contribution >= 0.6 is 11.3 Å². The molecule has 1 amide bonds. The molecule has 5 nitrogen and oxygen atoms in total. The number of aromatic nitrogens is 2. The number of nitrogens with one attached hydrogen (secondary N) is 1. The van der Waals surface area contributed by atoms with Crippen LogP contribution in [0, 0.1) is 6.92 Å². The molecule has 1 N–H and O–H groups in total. The minimum absolute atomic E-state index is 0.0798. The van der Waals surface area contributed by atoms with E-state index in [2.05, 4.69) is 10.3 Å². The highest BCUT2D eigenvalue weighted by molar-refractivity contribution is 7.16. The van der Waals surface area contributed by atoms with Crippen molar-refractivity contribution >= 4 is 27.5 Å². The Hall–Kier alpha value is -2.47. The smallest absolute Gasteiger partial charge is 0.262 e. The first-order valence-electron chi connectivity index (χ1n) is 7.38. The van der Waals surface area contributed by atoms with Crippen LogP contribution in [0.2, 0.25) is 0 Å². The number of benzene rings is 1.